The molecule has 0 heterocycles. The molecule has 0 saturated carbocycles. The molecule has 3 N–H and O–H groups in total. The highest BCUT2D eigenvalue weighted by atomic mass is 16.6. The van der Waals surface area contributed by atoms with Gasteiger partial charge in [-0.15, -0.1) is 0 Å². The van der Waals surface area contributed by atoms with Crippen LogP contribution in [0.25, 0.3) is 0 Å². The third-order valence-electron chi connectivity index (χ3n) is 2.34. The minimum atomic E-state index is -0.503. The van der Waals surface area contributed by atoms with Gasteiger partial charge in [0.05, 0.1) is 11.5 Å². The van der Waals surface area contributed by atoms with Gasteiger partial charge in [0, 0.05) is 6.54 Å². The Hall–Kier alpha value is -1.86. The Morgan fingerprint density at radius 1 is 1.50 bits per heavy atom. The number of ether oxygens (including phenoxy) is 1. The van der Waals surface area contributed by atoms with Crippen LogP contribution >= 0.6 is 0 Å². The molecule has 0 unspecified atom stereocenters. The van der Waals surface area contributed by atoms with Gasteiger partial charge in [-0.25, -0.2) is 0 Å². The van der Waals surface area contributed by atoms with Crippen molar-refractivity contribution in [1.82, 2.24) is 4.90 Å². The summed E-state index contributed by atoms with van der Waals surface area (Å²) in [4.78, 5) is 12.5. The maximum Gasteiger partial charge on any atom is 0.335 e. The number of para-hydroxylation sites is 1. The standard InChI is InChI=1S/C11H18N4O3/c1-14(2)7-4-8-18-10-6-3-5-9(13-12)11(10)15(16)17/h3,5-6,13H,4,7-8,12H2,1-2H3. The molecular formula is C11H18N4O3. The van der Waals surface area contributed by atoms with Crippen LogP contribution in [0.5, 0.6) is 5.75 Å². The number of hydrazine groups is 1. The number of nitrogens with one attached hydrogen (secondary N) is 1. The summed E-state index contributed by atoms with van der Waals surface area (Å²) in [6.45, 7) is 1.29. The highest BCUT2D eigenvalue weighted by Crippen LogP contribution is 2.34. The van der Waals surface area contributed by atoms with Crippen molar-refractivity contribution in [3.8, 4) is 5.75 Å². The summed E-state index contributed by atoms with van der Waals surface area (Å²) in [5.41, 5.74) is 2.40. The highest BCUT2D eigenvalue weighted by molar-refractivity contribution is 5.67. The number of nitrogen functional groups attached to an aromatic ring is 1. The van der Waals surface area contributed by atoms with E-state index >= 15 is 0 Å². The second-order valence-electron chi connectivity index (χ2n) is 4.06. The SMILES string of the molecule is CN(C)CCCOc1cccc(NN)c1[N+](=O)[O-]. The van der Waals surface area contributed by atoms with Crippen molar-refractivity contribution in [3.05, 3.63) is 28.3 Å². The van der Waals surface area contributed by atoms with Crippen LogP contribution in [0.15, 0.2) is 18.2 Å². The summed E-state index contributed by atoms with van der Waals surface area (Å²) in [6, 6.07) is 4.75. The van der Waals surface area contributed by atoms with Crippen molar-refractivity contribution in [1.29, 1.82) is 0 Å². The molecule has 1 aromatic carbocycles. The molecule has 0 radical (unpaired) electrons. The van der Waals surface area contributed by atoms with Crippen molar-refractivity contribution in [2.24, 2.45) is 5.84 Å². The van der Waals surface area contributed by atoms with E-state index < -0.39 is 4.92 Å². The van der Waals surface area contributed by atoms with E-state index in [4.69, 9.17) is 10.6 Å². The predicted octanol–water partition coefficient (Wildman–Crippen LogP) is 1.21. The van der Waals surface area contributed by atoms with Crippen molar-refractivity contribution in [2.45, 2.75) is 6.42 Å². The summed E-state index contributed by atoms with van der Waals surface area (Å²) in [5.74, 6) is 5.47. The van der Waals surface area contributed by atoms with Crippen LogP contribution in [0.3, 0.4) is 0 Å². The van der Waals surface area contributed by atoms with Crippen LogP contribution < -0.4 is 16.0 Å². The molecule has 7 nitrogen and oxygen atoms in total. The van der Waals surface area contributed by atoms with Crippen LogP contribution in [0.2, 0.25) is 0 Å². The van der Waals surface area contributed by atoms with E-state index in [1.165, 1.54) is 6.07 Å². The van der Waals surface area contributed by atoms with Crippen LogP contribution in [-0.2, 0) is 0 Å². The quantitative estimate of drug-likeness (QED) is 0.329. The van der Waals surface area contributed by atoms with Crippen LogP contribution in [-0.4, -0.2) is 37.1 Å². The largest absolute Gasteiger partial charge is 0.487 e. The summed E-state index contributed by atoms with van der Waals surface area (Å²) in [6.07, 6.45) is 0.796. The predicted molar refractivity (Wildman–Crippen MR) is 69.6 cm³/mol. The number of nitrogens with two attached hydrogens (primary N) is 1. The first-order valence-electron chi connectivity index (χ1n) is 5.57. The molecule has 0 spiro atoms. The molecule has 0 bridgehead atoms. The van der Waals surface area contributed by atoms with Gasteiger partial charge in [0.1, 0.15) is 5.69 Å². The van der Waals surface area contributed by atoms with Gasteiger partial charge in [-0.3, -0.25) is 16.0 Å². The molecule has 1 rings (SSSR count). The number of anilines is 1. The van der Waals surface area contributed by atoms with Gasteiger partial charge in [0.25, 0.3) is 0 Å². The molecule has 0 fully saturated rings. The lowest BCUT2D eigenvalue weighted by atomic mass is 10.2. The number of nitro groups is 1. The maximum absolute atomic E-state index is 11.0. The fraction of sp³-hybridized carbons (Fsp3) is 0.455. The topological polar surface area (TPSA) is 93.7 Å². The lowest BCUT2D eigenvalue weighted by Crippen LogP contribution is -2.16. The fourth-order valence-electron chi connectivity index (χ4n) is 1.51. The van der Waals surface area contributed by atoms with E-state index in [2.05, 4.69) is 5.43 Å². The number of nitro benzene ring substituents is 1. The first-order chi connectivity index (χ1) is 8.56. The normalized spacial score (nSPS) is 10.4. The molecule has 0 aromatic heterocycles. The Morgan fingerprint density at radius 3 is 2.78 bits per heavy atom. The van der Waals surface area contributed by atoms with Gasteiger partial charge in [-0.1, -0.05) is 6.07 Å². The lowest BCUT2D eigenvalue weighted by molar-refractivity contribution is -0.385. The Balaban J connectivity index is 2.72. The van der Waals surface area contributed by atoms with E-state index in [9.17, 15) is 10.1 Å². The first-order valence-corrected chi connectivity index (χ1v) is 5.57. The van der Waals surface area contributed by atoms with E-state index in [0.29, 0.717) is 6.61 Å². The van der Waals surface area contributed by atoms with Crippen LogP contribution in [0.1, 0.15) is 6.42 Å². The van der Waals surface area contributed by atoms with Gasteiger partial charge in [0.2, 0.25) is 0 Å². The first kappa shape index (κ1) is 14.2. The maximum atomic E-state index is 11.0. The zero-order valence-electron chi connectivity index (χ0n) is 10.5. The Kier molecular flexibility index (Phi) is 5.34. The zero-order chi connectivity index (χ0) is 13.5. The number of nitrogens with zero attached hydrogens (tertiary/aromatic N) is 2. The zero-order valence-corrected chi connectivity index (χ0v) is 10.5. The van der Waals surface area contributed by atoms with Gasteiger partial charge < -0.3 is 15.1 Å². The summed E-state index contributed by atoms with van der Waals surface area (Å²) < 4.78 is 5.43. The van der Waals surface area contributed by atoms with Gasteiger partial charge in [0.15, 0.2) is 5.75 Å². The Labute approximate surface area is 106 Å². The van der Waals surface area contributed by atoms with Crippen LogP contribution in [0.4, 0.5) is 11.4 Å². The molecule has 0 aliphatic rings. The van der Waals surface area contributed by atoms with Gasteiger partial charge >= 0.3 is 5.69 Å². The van der Waals surface area contributed by atoms with E-state index in [0.717, 1.165) is 13.0 Å². The van der Waals surface area contributed by atoms with E-state index in [-0.39, 0.29) is 17.1 Å². The lowest BCUT2D eigenvalue weighted by Gasteiger charge is -2.11. The van der Waals surface area contributed by atoms with Gasteiger partial charge in [-0.05, 0) is 32.6 Å². The molecule has 18 heavy (non-hydrogen) atoms. The average molecular weight is 254 g/mol. The molecule has 0 atom stereocenters. The van der Waals surface area contributed by atoms with Crippen molar-refractivity contribution >= 4 is 11.4 Å². The molecule has 0 aliphatic carbocycles. The monoisotopic (exact) mass is 254 g/mol. The second kappa shape index (κ2) is 6.77. The van der Waals surface area contributed by atoms with Crippen LogP contribution in [0, 0.1) is 10.1 Å². The van der Waals surface area contributed by atoms with Crippen molar-refractivity contribution in [3.63, 3.8) is 0 Å². The van der Waals surface area contributed by atoms with Gasteiger partial charge in [-0.2, -0.15) is 0 Å². The summed E-state index contributed by atoms with van der Waals surface area (Å²) in [7, 11) is 3.92. The Morgan fingerprint density at radius 2 is 2.22 bits per heavy atom. The molecule has 0 amide bonds. The molecule has 0 aliphatic heterocycles. The number of hydrogen-bond acceptors (Lipinski definition) is 6. The average Bonchev–Trinajstić information content (AvgIpc) is 2.33. The molecule has 0 saturated heterocycles. The van der Waals surface area contributed by atoms with Crippen molar-refractivity contribution < 1.29 is 9.66 Å². The molecule has 100 valence electrons. The number of hydrogen-bond donors (Lipinski definition) is 2. The van der Waals surface area contributed by atoms with Crippen molar-refractivity contribution in [2.75, 3.05) is 32.7 Å². The minimum absolute atomic E-state index is 0.134. The minimum Gasteiger partial charge on any atom is -0.487 e. The summed E-state index contributed by atoms with van der Waals surface area (Å²) in [5, 5.41) is 11.0. The molecule has 7 heteroatoms. The smallest absolute Gasteiger partial charge is 0.335 e. The number of rotatable bonds is 7. The number of benzene rings is 1. The van der Waals surface area contributed by atoms with E-state index in [1.807, 2.05) is 19.0 Å². The molecular weight excluding hydrogens is 236 g/mol. The third-order valence-corrected chi connectivity index (χ3v) is 2.34. The molecule has 1 aromatic rings. The third kappa shape index (κ3) is 3.86. The van der Waals surface area contributed by atoms with E-state index in [1.54, 1.807) is 12.1 Å². The fourth-order valence-corrected chi connectivity index (χ4v) is 1.51. The second-order valence-corrected chi connectivity index (χ2v) is 4.06. The Bertz CT molecular complexity index is 409. The summed E-state index contributed by atoms with van der Waals surface area (Å²) >= 11 is 0. The highest BCUT2D eigenvalue weighted by Gasteiger charge is 2.20.